The average Bonchev–Trinajstić information content (AvgIpc) is 2.84. The van der Waals surface area contributed by atoms with Gasteiger partial charge in [0.2, 0.25) is 0 Å². The molecule has 2 saturated heterocycles. The lowest BCUT2D eigenvalue weighted by Crippen LogP contribution is -2.41. The number of nitrogens with zero attached hydrogens (tertiary/aromatic N) is 3. The molecular weight excluding hydrogens is 345 g/mol. The Balaban J connectivity index is 1.46. The number of rotatable bonds is 7. The van der Waals surface area contributed by atoms with Gasteiger partial charge in [-0.3, -0.25) is 0 Å². The molecule has 0 radical (unpaired) electrons. The minimum absolute atomic E-state index is 0.228. The summed E-state index contributed by atoms with van der Waals surface area (Å²) in [5.74, 6) is 0.606. The Morgan fingerprint density at radius 2 is 1.89 bits per heavy atom. The summed E-state index contributed by atoms with van der Waals surface area (Å²) in [6, 6.07) is 0.387. The van der Waals surface area contributed by atoms with Gasteiger partial charge in [0.1, 0.15) is 0 Å². The van der Waals surface area contributed by atoms with Crippen LogP contribution in [0, 0.1) is 5.92 Å². The fourth-order valence-corrected chi connectivity index (χ4v) is 3.55. The lowest BCUT2D eigenvalue weighted by Gasteiger charge is -2.32. The monoisotopic (exact) mass is 377 g/mol. The molecule has 0 aromatic carbocycles. The first-order valence-corrected chi connectivity index (χ1v) is 9.94. The molecule has 0 amide bonds. The van der Waals surface area contributed by atoms with Crippen LogP contribution in [0.2, 0.25) is 0 Å². The van der Waals surface area contributed by atoms with Crippen LogP contribution in [-0.2, 0) is 9.31 Å². The van der Waals surface area contributed by atoms with E-state index >= 15 is 0 Å². The molecule has 0 unspecified atom stereocenters. The third-order valence-corrected chi connectivity index (χ3v) is 5.95. The molecule has 1 atom stereocenters. The van der Waals surface area contributed by atoms with Crippen molar-refractivity contribution in [3.8, 4) is 6.01 Å². The van der Waals surface area contributed by atoms with Crippen molar-refractivity contribution in [2.45, 2.75) is 58.2 Å². The summed E-state index contributed by atoms with van der Waals surface area (Å²) in [5, 5.41) is 9.09. The summed E-state index contributed by atoms with van der Waals surface area (Å²) >= 11 is 0. The highest BCUT2D eigenvalue weighted by atomic mass is 16.7. The Bertz CT molecular complexity index is 593. The van der Waals surface area contributed by atoms with Crippen LogP contribution in [0.25, 0.3) is 0 Å². The Kier molecular flexibility index (Phi) is 6.41. The molecule has 1 aromatic heterocycles. The molecule has 2 fully saturated rings. The highest BCUT2D eigenvalue weighted by Gasteiger charge is 2.51. The van der Waals surface area contributed by atoms with Crippen molar-refractivity contribution in [1.82, 2.24) is 14.9 Å². The van der Waals surface area contributed by atoms with Crippen molar-refractivity contribution in [2.75, 3.05) is 32.8 Å². The zero-order valence-electron chi connectivity index (χ0n) is 17.0. The SMILES string of the molecule is CC1(C)OB(c2cnc(OCC[C@@H]3CCCN(CCO)C3)nc2)OC1(C)C. The molecule has 3 heterocycles. The van der Waals surface area contributed by atoms with Gasteiger partial charge >= 0.3 is 13.1 Å². The second-order valence-electron chi connectivity index (χ2n) is 8.56. The Labute approximate surface area is 162 Å². The molecule has 0 aliphatic carbocycles. The average molecular weight is 377 g/mol. The van der Waals surface area contributed by atoms with Gasteiger partial charge < -0.3 is 24.1 Å². The van der Waals surface area contributed by atoms with E-state index in [0.717, 1.165) is 31.5 Å². The third-order valence-electron chi connectivity index (χ3n) is 5.95. The van der Waals surface area contributed by atoms with Gasteiger partial charge in [0.05, 0.1) is 24.4 Å². The number of hydrogen-bond acceptors (Lipinski definition) is 7. The second-order valence-corrected chi connectivity index (χ2v) is 8.56. The van der Waals surface area contributed by atoms with Crippen LogP contribution in [0.5, 0.6) is 6.01 Å². The predicted molar refractivity (Wildman–Crippen MR) is 104 cm³/mol. The summed E-state index contributed by atoms with van der Waals surface area (Å²) in [6.07, 6.45) is 6.81. The van der Waals surface area contributed by atoms with Gasteiger partial charge in [-0.05, 0) is 59.4 Å². The van der Waals surface area contributed by atoms with Crippen molar-refractivity contribution in [1.29, 1.82) is 0 Å². The molecule has 150 valence electrons. The number of piperidine rings is 1. The van der Waals surface area contributed by atoms with E-state index in [0.29, 0.717) is 18.5 Å². The Hall–Kier alpha value is -1.22. The maximum atomic E-state index is 9.09. The fraction of sp³-hybridized carbons (Fsp3) is 0.789. The summed E-state index contributed by atoms with van der Waals surface area (Å²) in [4.78, 5) is 10.9. The van der Waals surface area contributed by atoms with Crippen LogP contribution in [0.3, 0.4) is 0 Å². The molecule has 0 saturated carbocycles. The zero-order valence-corrected chi connectivity index (χ0v) is 17.0. The van der Waals surface area contributed by atoms with Gasteiger partial charge in [0.15, 0.2) is 0 Å². The first-order chi connectivity index (χ1) is 12.8. The van der Waals surface area contributed by atoms with Crippen molar-refractivity contribution < 1.29 is 19.2 Å². The number of aliphatic hydroxyl groups excluding tert-OH is 1. The van der Waals surface area contributed by atoms with E-state index in [9.17, 15) is 0 Å². The number of ether oxygens (including phenoxy) is 1. The minimum atomic E-state index is -0.455. The molecule has 0 spiro atoms. The van der Waals surface area contributed by atoms with Crippen molar-refractivity contribution >= 4 is 12.6 Å². The number of hydrogen-bond donors (Lipinski definition) is 1. The molecule has 27 heavy (non-hydrogen) atoms. The quantitative estimate of drug-likeness (QED) is 0.717. The van der Waals surface area contributed by atoms with Crippen LogP contribution >= 0.6 is 0 Å². The van der Waals surface area contributed by atoms with E-state index in [1.807, 2.05) is 27.7 Å². The third kappa shape index (κ3) is 4.99. The summed E-state index contributed by atoms with van der Waals surface area (Å²) in [5.41, 5.74) is 0.0425. The first-order valence-electron chi connectivity index (χ1n) is 9.94. The van der Waals surface area contributed by atoms with E-state index < -0.39 is 7.12 Å². The lowest BCUT2D eigenvalue weighted by molar-refractivity contribution is 0.00578. The van der Waals surface area contributed by atoms with Crippen LogP contribution in [0.4, 0.5) is 0 Å². The zero-order chi connectivity index (χ0) is 19.5. The van der Waals surface area contributed by atoms with Gasteiger partial charge in [0.25, 0.3) is 0 Å². The minimum Gasteiger partial charge on any atom is -0.463 e. The van der Waals surface area contributed by atoms with E-state index in [2.05, 4.69) is 14.9 Å². The van der Waals surface area contributed by atoms with Gasteiger partial charge in [-0.1, -0.05) is 0 Å². The van der Waals surface area contributed by atoms with Crippen molar-refractivity contribution in [2.24, 2.45) is 5.92 Å². The summed E-state index contributed by atoms with van der Waals surface area (Å²) < 4.78 is 17.8. The first kappa shape index (κ1) is 20.5. The number of aliphatic hydroxyl groups is 1. The molecular formula is C19H32BN3O4. The normalized spacial score (nSPS) is 24.9. The van der Waals surface area contributed by atoms with E-state index in [1.54, 1.807) is 12.4 Å². The van der Waals surface area contributed by atoms with Crippen molar-refractivity contribution in [3.05, 3.63) is 12.4 Å². The number of aromatic nitrogens is 2. The van der Waals surface area contributed by atoms with Crippen LogP contribution in [0.15, 0.2) is 12.4 Å². The molecule has 1 N–H and O–H groups in total. The maximum Gasteiger partial charge on any atom is 0.498 e. The van der Waals surface area contributed by atoms with Gasteiger partial charge in [0, 0.05) is 30.9 Å². The molecule has 1 aromatic rings. The van der Waals surface area contributed by atoms with Crippen LogP contribution in [-0.4, -0.2) is 71.1 Å². The molecule has 2 aliphatic rings. The summed E-state index contributed by atoms with van der Waals surface area (Å²) in [6.45, 7) is 11.8. The lowest BCUT2D eigenvalue weighted by atomic mass is 9.81. The second kappa shape index (κ2) is 8.43. The molecule has 7 nitrogen and oxygen atoms in total. The Morgan fingerprint density at radius 1 is 1.22 bits per heavy atom. The fourth-order valence-electron chi connectivity index (χ4n) is 3.55. The largest absolute Gasteiger partial charge is 0.498 e. The summed E-state index contributed by atoms with van der Waals surface area (Å²) in [7, 11) is -0.455. The van der Waals surface area contributed by atoms with E-state index in [4.69, 9.17) is 19.2 Å². The maximum absolute atomic E-state index is 9.09. The number of β-amino-alcohol motifs (C(OH)–C–C–N with tert-alkyl or cyclic N) is 1. The van der Waals surface area contributed by atoms with E-state index in [1.165, 1.54) is 12.8 Å². The van der Waals surface area contributed by atoms with Crippen LogP contribution in [0.1, 0.15) is 47.0 Å². The molecule has 2 aliphatic heterocycles. The smallest absolute Gasteiger partial charge is 0.463 e. The molecule has 3 rings (SSSR count). The van der Waals surface area contributed by atoms with Gasteiger partial charge in [-0.15, -0.1) is 0 Å². The van der Waals surface area contributed by atoms with Gasteiger partial charge in [-0.25, -0.2) is 9.97 Å². The Morgan fingerprint density at radius 3 is 2.52 bits per heavy atom. The molecule has 0 bridgehead atoms. The molecule has 8 heteroatoms. The topological polar surface area (TPSA) is 76.9 Å². The predicted octanol–water partition coefficient (Wildman–Crippen LogP) is 1.25. The van der Waals surface area contributed by atoms with Crippen molar-refractivity contribution in [3.63, 3.8) is 0 Å². The van der Waals surface area contributed by atoms with Crippen LogP contribution < -0.4 is 10.2 Å². The standard InChI is InChI=1S/C19H32BN3O4/c1-18(2)19(3,4)27-20(26-18)16-12-21-17(22-13-16)25-11-7-15-6-5-8-23(14-15)9-10-24/h12-13,15,24H,5-11,14H2,1-4H3/t15-/m0/s1. The highest BCUT2D eigenvalue weighted by Crippen LogP contribution is 2.36. The highest BCUT2D eigenvalue weighted by molar-refractivity contribution is 6.61. The number of likely N-dealkylation sites (tertiary alicyclic amines) is 1. The van der Waals surface area contributed by atoms with Gasteiger partial charge in [-0.2, -0.15) is 0 Å². The van der Waals surface area contributed by atoms with E-state index in [-0.39, 0.29) is 17.8 Å².